The summed E-state index contributed by atoms with van der Waals surface area (Å²) >= 11 is 1.48. The maximum Gasteiger partial charge on any atom is 0.408 e. The van der Waals surface area contributed by atoms with Crippen LogP contribution in [-0.4, -0.2) is 50.9 Å². The van der Waals surface area contributed by atoms with E-state index in [1.165, 1.54) is 11.8 Å². The van der Waals surface area contributed by atoms with Gasteiger partial charge in [0.1, 0.15) is 12.6 Å². The number of hydrogen-bond acceptors (Lipinski definition) is 10. The minimum Gasteiger partial charge on any atom is -0.445 e. The van der Waals surface area contributed by atoms with E-state index in [-0.39, 0.29) is 31.8 Å². The Morgan fingerprint density at radius 2 is 1.72 bits per heavy atom. The van der Waals surface area contributed by atoms with Crippen molar-refractivity contribution in [2.75, 3.05) is 10.7 Å². The Balaban J connectivity index is 1.16. The molecule has 2 fully saturated rings. The summed E-state index contributed by atoms with van der Waals surface area (Å²) in [6, 6.07) is 24.3. The lowest BCUT2D eigenvalue weighted by atomic mass is 10.0. The van der Waals surface area contributed by atoms with Gasteiger partial charge >= 0.3 is 6.09 Å². The maximum atomic E-state index is 13.3. The van der Waals surface area contributed by atoms with Gasteiger partial charge in [0.2, 0.25) is 5.91 Å². The van der Waals surface area contributed by atoms with E-state index < -0.39 is 30.2 Å². The van der Waals surface area contributed by atoms with Crippen LogP contribution in [0.5, 0.6) is 0 Å². The average Bonchev–Trinajstić information content (AvgIpc) is 3.38. The molecular weight excluding hydrogens is 608 g/mol. The summed E-state index contributed by atoms with van der Waals surface area (Å²) in [6.45, 7) is -0.0149. The lowest BCUT2D eigenvalue weighted by Gasteiger charge is -2.36. The first-order valence-electron chi connectivity index (χ1n) is 14.8. The number of carbonyl (C=O) groups excluding carboxylic acids is 3. The van der Waals surface area contributed by atoms with Crippen LogP contribution >= 0.6 is 11.8 Å². The molecule has 4 unspecified atom stereocenters. The largest absolute Gasteiger partial charge is 0.445 e. The fourth-order valence-electron chi connectivity index (χ4n) is 5.28. The third-order valence-electron chi connectivity index (χ3n) is 7.61. The van der Waals surface area contributed by atoms with Gasteiger partial charge in [-0.1, -0.05) is 78.5 Å². The van der Waals surface area contributed by atoms with E-state index in [2.05, 4.69) is 15.3 Å². The van der Waals surface area contributed by atoms with Gasteiger partial charge < -0.3 is 24.6 Å². The SMILES string of the molecule is O=C(NC1CC(=O)N(c2cccc(C3OC(CSc4ncccn4)CC(c4ccc(CO)cc4)O3)c2)C1=O)OCc1ccccc1. The molecule has 6 rings (SSSR count). The van der Waals surface area contributed by atoms with E-state index in [4.69, 9.17) is 14.2 Å². The number of amides is 3. The standard InChI is InChI=1S/C34H32N4O7S/c39-19-22-10-12-24(13-11-22)29-17-27(21-46-33-35-14-5-15-36-33)44-32(45-29)25-8-4-9-26(16-25)38-30(40)18-28(31(38)41)37-34(42)43-20-23-6-2-1-3-7-23/h1-16,27-29,32,39H,17-21H2,(H,37,42). The molecule has 3 heterocycles. The monoisotopic (exact) mass is 640 g/mol. The Bertz CT molecular complexity index is 1660. The van der Waals surface area contributed by atoms with Crippen molar-refractivity contribution in [2.45, 2.75) is 55.8 Å². The van der Waals surface area contributed by atoms with Crippen molar-refractivity contribution in [1.29, 1.82) is 0 Å². The third-order valence-corrected chi connectivity index (χ3v) is 8.61. The van der Waals surface area contributed by atoms with Crippen LogP contribution < -0.4 is 10.2 Å². The molecule has 2 aliphatic heterocycles. The van der Waals surface area contributed by atoms with E-state index in [0.29, 0.717) is 28.6 Å². The normalized spacial score (nSPS) is 21.3. The number of hydrogen-bond donors (Lipinski definition) is 2. The van der Waals surface area contributed by atoms with Crippen molar-refractivity contribution < 1.29 is 33.7 Å². The first-order chi connectivity index (χ1) is 22.5. The number of alkyl carbamates (subject to hydrolysis) is 1. The van der Waals surface area contributed by atoms with Gasteiger partial charge in [-0.2, -0.15) is 0 Å². The molecule has 0 aliphatic carbocycles. The lowest BCUT2D eigenvalue weighted by Crippen LogP contribution is -2.42. The number of imide groups is 1. The molecule has 2 saturated heterocycles. The molecule has 0 radical (unpaired) electrons. The minimum atomic E-state index is -1.05. The molecule has 12 heteroatoms. The van der Waals surface area contributed by atoms with Crippen LogP contribution in [0.15, 0.2) is 102 Å². The fraction of sp³-hybridized carbons (Fsp3) is 0.265. The molecule has 46 heavy (non-hydrogen) atoms. The highest BCUT2D eigenvalue weighted by Gasteiger charge is 2.41. The Hall–Kier alpha value is -4.62. The highest BCUT2D eigenvalue weighted by atomic mass is 32.2. The smallest absolute Gasteiger partial charge is 0.408 e. The molecule has 2 aliphatic rings. The summed E-state index contributed by atoms with van der Waals surface area (Å²) in [7, 11) is 0. The van der Waals surface area contributed by atoms with E-state index in [1.54, 1.807) is 36.7 Å². The van der Waals surface area contributed by atoms with Crippen LogP contribution in [0, 0.1) is 0 Å². The average molecular weight is 641 g/mol. The van der Waals surface area contributed by atoms with Crippen molar-refractivity contribution in [3.63, 3.8) is 0 Å². The first kappa shape index (κ1) is 31.4. The molecule has 3 amide bonds. The van der Waals surface area contributed by atoms with Gasteiger partial charge in [-0.05, 0) is 34.9 Å². The molecule has 3 aromatic carbocycles. The molecule has 0 bridgehead atoms. The summed E-state index contributed by atoms with van der Waals surface area (Å²) in [5, 5.41) is 12.6. The molecule has 4 aromatic rings. The number of aliphatic hydroxyl groups excluding tert-OH is 1. The second-order valence-corrected chi connectivity index (χ2v) is 11.8. The molecule has 11 nitrogen and oxygen atoms in total. The zero-order valence-corrected chi connectivity index (χ0v) is 25.5. The van der Waals surface area contributed by atoms with Gasteiger partial charge in [0.05, 0.1) is 30.9 Å². The van der Waals surface area contributed by atoms with Gasteiger partial charge in [-0.15, -0.1) is 0 Å². The molecule has 2 N–H and O–H groups in total. The zero-order chi connectivity index (χ0) is 31.9. The summed E-state index contributed by atoms with van der Waals surface area (Å²) in [5.41, 5.74) is 3.51. The first-order valence-corrected chi connectivity index (χ1v) is 15.8. The lowest BCUT2D eigenvalue weighted by molar-refractivity contribution is -0.245. The van der Waals surface area contributed by atoms with Crippen LogP contribution in [0.3, 0.4) is 0 Å². The maximum absolute atomic E-state index is 13.3. The van der Waals surface area contributed by atoms with Crippen LogP contribution in [-0.2, 0) is 37.0 Å². The second-order valence-electron chi connectivity index (χ2n) is 10.8. The molecule has 0 spiro atoms. The van der Waals surface area contributed by atoms with Crippen LogP contribution in [0.1, 0.15) is 47.5 Å². The number of aromatic nitrogens is 2. The van der Waals surface area contributed by atoms with Crippen LogP contribution in [0.4, 0.5) is 10.5 Å². The Labute approximate surface area is 269 Å². The Kier molecular flexibility index (Phi) is 9.99. The second kappa shape index (κ2) is 14.6. The van der Waals surface area contributed by atoms with Crippen molar-refractivity contribution in [1.82, 2.24) is 15.3 Å². The summed E-state index contributed by atoms with van der Waals surface area (Å²) in [4.78, 5) is 48.4. The molecule has 236 valence electrons. The predicted octanol–water partition coefficient (Wildman–Crippen LogP) is 4.86. The van der Waals surface area contributed by atoms with Gasteiger partial charge in [0.25, 0.3) is 5.91 Å². The third kappa shape index (κ3) is 7.60. The number of nitrogens with zero attached hydrogens (tertiary/aromatic N) is 3. The summed E-state index contributed by atoms with van der Waals surface area (Å²) in [5.74, 6) is -0.422. The van der Waals surface area contributed by atoms with Crippen molar-refractivity contribution >= 4 is 35.4 Å². The number of ether oxygens (including phenoxy) is 3. The Morgan fingerprint density at radius 1 is 0.935 bits per heavy atom. The number of nitrogens with one attached hydrogen (secondary N) is 1. The number of carbonyl (C=O) groups is 3. The number of benzene rings is 3. The minimum absolute atomic E-state index is 0.0408. The molecular formula is C34H32N4O7S. The van der Waals surface area contributed by atoms with Gasteiger partial charge in [0.15, 0.2) is 11.4 Å². The quantitative estimate of drug-likeness (QED) is 0.140. The van der Waals surface area contributed by atoms with Gasteiger partial charge in [-0.25, -0.2) is 19.7 Å². The number of thioether (sulfide) groups is 1. The van der Waals surface area contributed by atoms with Gasteiger partial charge in [0, 0.05) is 30.1 Å². The molecule has 1 aromatic heterocycles. The number of aliphatic hydroxyl groups is 1. The van der Waals surface area contributed by atoms with Crippen molar-refractivity contribution in [3.8, 4) is 0 Å². The van der Waals surface area contributed by atoms with Gasteiger partial charge in [-0.3, -0.25) is 9.59 Å². The number of anilines is 1. The predicted molar refractivity (Wildman–Crippen MR) is 168 cm³/mol. The Morgan fingerprint density at radius 3 is 2.48 bits per heavy atom. The van der Waals surface area contributed by atoms with E-state index in [9.17, 15) is 19.5 Å². The van der Waals surface area contributed by atoms with Crippen LogP contribution in [0.2, 0.25) is 0 Å². The molecule has 0 saturated carbocycles. The van der Waals surface area contributed by atoms with Crippen LogP contribution in [0.25, 0.3) is 0 Å². The summed E-state index contributed by atoms with van der Waals surface area (Å²) in [6.07, 6.45) is 1.64. The zero-order valence-electron chi connectivity index (χ0n) is 24.7. The van der Waals surface area contributed by atoms with E-state index >= 15 is 0 Å². The highest BCUT2D eigenvalue weighted by Crippen LogP contribution is 2.40. The van der Waals surface area contributed by atoms with E-state index in [0.717, 1.165) is 21.6 Å². The highest BCUT2D eigenvalue weighted by molar-refractivity contribution is 7.99. The topological polar surface area (TPSA) is 140 Å². The van der Waals surface area contributed by atoms with E-state index in [1.807, 2.05) is 60.7 Å². The summed E-state index contributed by atoms with van der Waals surface area (Å²) < 4.78 is 18.1. The van der Waals surface area contributed by atoms with Crippen molar-refractivity contribution in [2.24, 2.45) is 0 Å². The fourth-order valence-corrected chi connectivity index (χ4v) is 6.10. The molecule has 4 atom stereocenters. The van der Waals surface area contributed by atoms with Crippen molar-refractivity contribution in [3.05, 3.63) is 120 Å². The number of rotatable bonds is 10.